The smallest absolute Gasteiger partial charge is 0.336 e. The summed E-state index contributed by atoms with van der Waals surface area (Å²) in [5.41, 5.74) is 3.30. The molecule has 1 heterocycles. The molecule has 24 heavy (non-hydrogen) atoms. The fraction of sp³-hybridized carbons (Fsp3) is 0.632. The molecule has 1 saturated heterocycles. The van der Waals surface area contributed by atoms with Gasteiger partial charge in [0.15, 0.2) is 0 Å². The second kappa shape index (κ2) is 7.11. The predicted octanol–water partition coefficient (Wildman–Crippen LogP) is 2.79. The molecule has 2 N–H and O–H groups in total. The van der Waals surface area contributed by atoms with Crippen LogP contribution in [-0.2, 0) is 4.74 Å². The highest BCUT2D eigenvalue weighted by atomic mass is 16.5. The molecule has 1 aromatic rings. The zero-order valence-corrected chi connectivity index (χ0v) is 14.5. The summed E-state index contributed by atoms with van der Waals surface area (Å²) in [7, 11) is 0. The van der Waals surface area contributed by atoms with Crippen molar-refractivity contribution in [2.75, 3.05) is 31.3 Å². The highest BCUT2D eigenvalue weighted by molar-refractivity contribution is 5.92. The molecule has 2 aliphatic rings. The Hall–Kier alpha value is -1.59. The van der Waals surface area contributed by atoms with Crippen molar-refractivity contribution in [2.45, 2.75) is 45.1 Å². The van der Waals surface area contributed by atoms with Gasteiger partial charge in [0.2, 0.25) is 0 Å². The Kier molecular flexibility index (Phi) is 5.11. The first-order valence-electron chi connectivity index (χ1n) is 8.89. The minimum absolute atomic E-state index is 0.174. The van der Waals surface area contributed by atoms with Gasteiger partial charge in [0, 0.05) is 38.1 Å². The Labute approximate surface area is 143 Å². The van der Waals surface area contributed by atoms with Gasteiger partial charge in [-0.1, -0.05) is 0 Å². The zero-order valence-electron chi connectivity index (χ0n) is 14.5. The van der Waals surface area contributed by atoms with E-state index in [1.807, 2.05) is 6.92 Å². The maximum Gasteiger partial charge on any atom is 0.336 e. The van der Waals surface area contributed by atoms with Crippen molar-refractivity contribution in [3.8, 4) is 0 Å². The highest BCUT2D eigenvalue weighted by Gasteiger charge is 2.38. The average molecular weight is 333 g/mol. The van der Waals surface area contributed by atoms with E-state index in [1.54, 1.807) is 6.07 Å². The molecule has 1 saturated carbocycles. The summed E-state index contributed by atoms with van der Waals surface area (Å²) in [4.78, 5) is 14.1. The number of nitrogens with zero attached hydrogens (tertiary/aromatic N) is 1. The van der Waals surface area contributed by atoms with E-state index >= 15 is 0 Å². The van der Waals surface area contributed by atoms with Crippen molar-refractivity contribution in [1.82, 2.24) is 0 Å². The number of hydrogen-bond donors (Lipinski definition) is 2. The first-order valence-corrected chi connectivity index (χ1v) is 8.89. The molecule has 0 spiro atoms. The lowest BCUT2D eigenvalue weighted by atomic mass is 9.96. The summed E-state index contributed by atoms with van der Waals surface area (Å²) in [5.74, 6) is -0.305. The number of hydrogen-bond acceptors (Lipinski definition) is 4. The second-order valence-electron chi connectivity index (χ2n) is 6.93. The van der Waals surface area contributed by atoms with Crippen LogP contribution in [0.3, 0.4) is 0 Å². The van der Waals surface area contributed by atoms with Gasteiger partial charge in [-0.15, -0.1) is 0 Å². The molecule has 0 radical (unpaired) electrons. The topological polar surface area (TPSA) is 70.0 Å². The van der Waals surface area contributed by atoms with Gasteiger partial charge in [0.05, 0.1) is 5.56 Å². The first kappa shape index (κ1) is 17.2. The van der Waals surface area contributed by atoms with Gasteiger partial charge < -0.3 is 19.8 Å². The van der Waals surface area contributed by atoms with E-state index in [0.717, 1.165) is 55.8 Å². The van der Waals surface area contributed by atoms with Gasteiger partial charge in [-0.2, -0.15) is 0 Å². The van der Waals surface area contributed by atoms with Crippen LogP contribution in [0.2, 0.25) is 0 Å². The van der Waals surface area contributed by atoms with E-state index in [4.69, 9.17) is 4.74 Å². The van der Waals surface area contributed by atoms with Crippen molar-refractivity contribution in [1.29, 1.82) is 0 Å². The number of carbonyl (C=O) groups is 1. The molecular weight excluding hydrogens is 306 g/mol. The molecule has 1 aromatic carbocycles. The number of carboxylic acid groups (broad SMARTS) is 1. The van der Waals surface area contributed by atoms with E-state index in [2.05, 4.69) is 17.9 Å². The molecule has 2 atom stereocenters. The molecule has 0 amide bonds. The number of ether oxygens (including phenoxy) is 1. The third kappa shape index (κ3) is 3.28. The molecule has 2 unspecified atom stereocenters. The van der Waals surface area contributed by atoms with Gasteiger partial charge in [0.25, 0.3) is 0 Å². The van der Waals surface area contributed by atoms with Gasteiger partial charge >= 0.3 is 5.97 Å². The molecule has 0 bridgehead atoms. The molecule has 5 heteroatoms. The van der Waals surface area contributed by atoms with E-state index < -0.39 is 5.97 Å². The van der Waals surface area contributed by atoms with E-state index in [0.29, 0.717) is 17.5 Å². The minimum atomic E-state index is -0.875. The van der Waals surface area contributed by atoms with Crippen molar-refractivity contribution in [2.24, 2.45) is 5.92 Å². The molecule has 132 valence electrons. The summed E-state index contributed by atoms with van der Waals surface area (Å²) in [6, 6.07) is 4.35. The fourth-order valence-electron chi connectivity index (χ4n) is 3.93. The minimum Gasteiger partial charge on any atom is -0.478 e. The largest absolute Gasteiger partial charge is 0.478 e. The molecule has 0 aromatic heterocycles. The van der Waals surface area contributed by atoms with E-state index in [-0.39, 0.29) is 12.5 Å². The SMILES string of the molecule is CCN(c1cc(C2CC2CO)cc(C(=O)O)c1C)C1CCOCC1. The Morgan fingerprint density at radius 2 is 2.04 bits per heavy atom. The summed E-state index contributed by atoms with van der Waals surface area (Å²) in [6.45, 7) is 6.58. The Bertz CT molecular complexity index is 610. The first-order chi connectivity index (χ1) is 11.6. The van der Waals surface area contributed by atoms with Crippen LogP contribution in [0.25, 0.3) is 0 Å². The summed E-state index contributed by atoms with van der Waals surface area (Å²) in [5, 5.41) is 19.0. The molecule has 1 aliphatic heterocycles. The maximum atomic E-state index is 11.7. The van der Waals surface area contributed by atoms with Gasteiger partial charge in [-0.3, -0.25) is 0 Å². The molecule has 3 rings (SSSR count). The van der Waals surface area contributed by atoms with Crippen LogP contribution in [0.1, 0.15) is 53.6 Å². The molecule has 2 fully saturated rings. The van der Waals surface area contributed by atoms with Crippen molar-refractivity contribution < 1.29 is 19.7 Å². The summed E-state index contributed by atoms with van der Waals surface area (Å²) >= 11 is 0. The van der Waals surface area contributed by atoms with E-state index in [9.17, 15) is 15.0 Å². The van der Waals surface area contributed by atoms with Crippen LogP contribution in [0, 0.1) is 12.8 Å². The third-order valence-electron chi connectivity index (χ3n) is 5.50. The van der Waals surface area contributed by atoms with Gasteiger partial charge in [-0.05, 0) is 68.2 Å². The van der Waals surface area contributed by atoms with Gasteiger partial charge in [-0.25, -0.2) is 4.79 Å². The number of rotatable bonds is 6. The quantitative estimate of drug-likeness (QED) is 0.838. The van der Waals surface area contributed by atoms with Crippen LogP contribution in [-0.4, -0.2) is 48.6 Å². The number of benzene rings is 1. The Balaban J connectivity index is 1.99. The lowest BCUT2D eigenvalue weighted by molar-refractivity contribution is 0.0695. The monoisotopic (exact) mass is 333 g/mol. The summed E-state index contributed by atoms with van der Waals surface area (Å²) in [6.07, 6.45) is 2.90. The van der Waals surface area contributed by atoms with Gasteiger partial charge in [0.1, 0.15) is 0 Å². The predicted molar refractivity (Wildman–Crippen MR) is 92.9 cm³/mol. The highest BCUT2D eigenvalue weighted by Crippen LogP contribution is 2.48. The normalized spacial score (nSPS) is 24.0. The lowest BCUT2D eigenvalue weighted by Gasteiger charge is -2.36. The van der Waals surface area contributed by atoms with Crippen LogP contribution in [0.4, 0.5) is 5.69 Å². The molecule has 1 aliphatic carbocycles. The number of anilines is 1. The molecular formula is C19H27NO4. The van der Waals surface area contributed by atoms with Crippen molar-refractivity contribution in [3.63, 3.8) is 0 Å². The van der Waals surface area contributed by atoms with Crippen molar-refractivity contribution >= 4 is 11.7 Å². The fourth-order valence-corrected chi connectivity index (χ4v) is 3.93. The number of carboxylic acids is 1. The zero-order chi connectivity index (χ0) is 17.3. The van der Waals surface area contributed by atoms with Crippen LogP contribution >= 0.6 is 0 Å². The van der Waals surface area contributed by atoms with Crippen LogP contribution in [0.15, 0.2) is 12.1 Å². The van der Waals surface area contributed by atoms with E-state index in [1.165, 1.54) is 0 Å². The number of aliphatic hydroxyl groups is 1. The standard InChI is InChI=1S/C19H27NO4/c1-3-20(15-4-6-24-7-5-15)18-10-13(17-9-14(17)11-21)8-16(12(18)2)19(22)23/h8,10,14-15,17,21H,3-7,9,11H2,1-2H3,(H,22,23). The van der Waals surface area contributed by atoms with Crippen LogP contribution in [0.5, 0.6) is 0 Å². The number of aromatic carboxylic acids is 1. The maximum absolute atomic E-state index is 11.7. The Morgan fingerprint density at radius 3 is 2.58 bits per heavy atom. The molecule has 5 nitrogen and oxygen atoms in total. The van der Waals surface area contributed by atoms with Crippen LogP contribution < -0.4 is 4.90 Å². The van der Waals surface area contributed by atoms with Crippen molar-refractivity contribution in [3.05, 3.63) is 28.8 Å². The summed E-state index contributed by atoms with van der Waals surface area (Å²) < 4.78 is 5.47. The Morgan fingerprint density at radius 1 is 1.33 bits per heavy atom. The third-order valence-corrected chi connectivity index (χ3v) is 5.50. The average Bonchev–Trinajstić information content (AvgIpc) is 3.37. The number of aliphatic hydroxyl groups excluding tert-OH is 1. The second-order valence-corrected chi connectivity index (χ2v) is 6.93. The lowest BCUT2D eigenvalue weighted by Crippen LogP contribution is -2.40.